The fourth-order valence-corrected chi connectivity index (χ4v) is 0.803. The minimum absolute atomic E-state index is 0. The molecule has 0 radical (unpaired) electrons. The second-order valence-corrected chi connectivity index (χ2v) is 2.49. The molecule has 0 aliphatic heterocycles. The van der Waals surface area contributed by atoms with E-state index in [1.165, 1.54) is 0 Å². The molecule has 2 nitrogen and oxygen atoms in total. The fraction of sp³-hybridized carbons (Fsp3) is 0.250. The SMILES string of the molecule is CN(C)c1cccc(N)c1.[Cl-].[Cl-]. The monoisotopic (exact) mass is 206 g/mol. The lowest BCUT2D eigenvalue weighted by molar-refractivity contribution is -0.001000. The first-order chi connectivity index (χ1) is 4.70. The molecule has 1 rings (SSSR count). The number of nitrogen functional groups attached to an aromatic ring is 1. The molecule has 12 heavy (non-hydrogen) atoms. The van der Waals surface area contributed by atoms with E-state index in [4.69, 9.17) is 5.73 Å². The predicted octanol–water partition coefficient (Wildman–Crippen LogP) is -4.66. The number of hydrogen-bond acceptors (Lipinski definition) is 2. The normalized spacial score (nSPS) is 7.83. The summed E-state index contributed by atoms with van der Waals surface area (Å²) in [4.78, 5) is 2.02. The van der Waals surface area contributed by atoms with E-state index < -0.39 is 0 Å². The molecule has 0 aliphatic carbocycles. The summed E-state index contributed by atoms with van der Waals surface area (Å²) in [7, 11) is 3.99. The Hall–Kier alpha value is -0.600. The highest BCUT2D eigenvalue weighted by Crippen LogP contribution is 2.13. The Labute approximate surface area is 85.6 Å². The molecule has 2 N–H and O–H groups in total. The first kappa shape index (κ1) is 14.0. The smallest absolute Gasteiger partial charge is 0.0381 e. The molecule has 1 aromatic rings. The van der Waals surface area contributed by atoms with Gasteiger partial charge in [-0.2, -0.15) is 0 Å². The van der Waals surface area contributed by atoms with Crippen molar-refractivity contribution in [3.63, 3.8) is 0 Å². The molecule has 0 fully saturated rings. The minimum atomic E-state index is 0. The third-order valence-electron chi connectivity index (χ3n) is 1.39. The van der Waals surface area contributed by atoms with E-state index in [1.807, 2.05) is 43.3 Å². The molecule has 4 heteroatoms. The van der Waals surface area contributed by atoms with Gasteiger partial charge in [0, 0.05) is 25.5 Å². The molecule has 0 spiro atoms. The van der Waals surface area contributed by atoms with Gasteiger partial charge in [-0.1, -0.05) is 6.07 Å². The van der Waals surface area contributed by atoms with E-state index in [1.54, 1.807) is 0 Å². The van der Waals surface area contributed by atoms with Crippen molar-refractivity contribution < 1.29 is 24.8 Å². The van der Waals surface area contributed by atoms with Gasteiger partial charge in [0.25, 0.3) is 0 Å². The predicted molar refractivity (Wildman–Crippen MR) is 45.2 cm³/mol. The average molecular weight is 207 g/mol. The Bertz CT molecular complexity index is 226. The summed E-state index contributed by atoms with van der Waals surface area (Å²) in [6, 6.07) is 7.80. The van der Waals surface area contributed by atoms with Gasteiger partial charge < -0.3 is 35.4 Å². The molecule has 0 atom stereocenters. The lowest BCUT2D eigenvalue weighted by Gasteiger charge is -2.11. The molecule has 0 unspecified atom stereocenters. The molecule has 0 aromatic heterocycles. The fourth-order valence-electron chi connectivity index (χ4n) is 0.803. The Morgan fingerprint density at radius 3 is 2.08 bits per heavy atom. The highest BCUT2D eigenvalue weighted by atomic mass is 35.5. The Kier molecular flexibility index (Phi) is 6.95. The van der Waals surface area contributed by atoms with Crippen LogP contribution in [0.25, 0.3) is 0 Å². The van der Waals surface area contributed by atoms with Crippen LogP contribution < -0.4 is 35.4 Å². The van der Waals surface area contributed by atoms with Gasteiger partial charge in [-0.15, -0.1) is 0 Å². The molecule has 1 aromatic carbocycles. The van der Waals surface area contributed by atoms with Crippen LogP contribution in [-0.4, -0.2) is 14.1 Å². The van der Waals surface area contributed by atoms with Crippen molar-refractivity contribution in [2.24, 2.45) is 0 Å². The highest BCUT2D eigenvalue weighted by molar-refractivity contribution is 5.54. The van der Waals surface area contributed by atoms with Crippen molar-refractivity contribution in [3.05, 3.63) is 24.3 Å². The maximum absolute atomic E-state index is 5.57. The molecule has 70 valence electrons. The number of anilines is 2. The Balaban J connectivity index is 0. The minimum Gasteiger partial charge on any atom is -1.00 e. The first-order valence-electron chi connectivity index (χ1n) is 3.23. The van der Waals surface area contributed by atoms with Gasteiger partial charge in [-0.05, 0) is 18.2 Å². The van der Waals surface area contributed by atoms with E-state index in [0.717, 1.165) is 11.4 Å². The number of nitrogens with zero attached hydrogens (tertiary/aromatic N) is 1. The van der Waals surface area contributed by atoms with Gasteiger partial charge in [-0.25, -0.2) is 0 Å². The lowest BCUT2D eigenvalue weighted by Crippen LogP contribution is -3.00. The summed E-state index contributed by atoms with van der Waals surface area (Å²) < 4.78 is 0. The van der Waals surface area contributed by atoms with Crippen molar-refractivity contribution in [1.29, 1.82) is 0 Å². The summed E-state index contributed by atoms with van der Waals surface area (Å²) in [6.45, 7) is 0. The molecule has 0 bridgehead atoms. The molecule has 0 aliphatic rings. The van der Waals surface area contributed by atoms with Gasteiger partial charge in [0.1, 0.15) is 0 Å². The standard InChI is InChI=1S/C8H12N2.2ClH/c1-10(2)8-5-3-4-7(9)6-8;;/h3-6H,9H2,1-2H3;2*1H/p-2. The number of halogens is 2. The summed E-state index contributed by atoms with van der Waals surface area (Å²) in [5.41, 5.74) is 7.52. The third-order valence-corrected chi connectivity index (χ3v) is 1.39. The van der Waals surface area contributed by atoms with Crippen molar-refractivity contribution >= 4 is 11.4 Å². The van der Waals surface area contributed by atoms with Crippen LogP contribution in [0.2, 0.25) is 0 Å². The van der Waals surface area contributed by atoms with Crippen molar-refractivity contribution in [3.8, 4) is 0 Å². The van der Waals surface area contributed by atoms with E-state index in [0.29, 0.717) is 0 Å². The van der Waals surface area contributed by atoms with Crippen LogP contribution in [0.15, 0.2) is 24.3 Å². The summed E-state index contributed by atoms with van der Waals surface area (Å²) in [6.07, 6.45) is 0. The van der Waals surface area contributed by atoms with Crippen LogP contribution in [0, 0.1) is 0 Å². The van der Waals surface area contributed by atoms with Gasteiger partial charge >= 0.3 is 0 Å². The van der Waals surface area contributed by atoms with Crippen LogP contribution in [0.4, 0.5) is 11.4 Å². The zero-order valence-electron chi connectivity index (χ0n) is 7.09. The van der Waals surface area contributed by atoms with E-state index in [-0.39, 0.29) is 24.8 Å². The highest BCUT2D eigenvalue weighted by Gasteiger charge is 1.92. The molecule has 0 saturated carbocycles. The zero-order valence-corrected chi connectivity index (χ0v) is 8.60. The summed E-state index contributed by atoms with van der Waals surface area (Å²) in [5.74, 6) is 0. The molecular weight excluding hydrogens is 195 g/mol. The maximum Gasteiger partial charge on any atom is 0.0381 e. The lowest BCUT2D eigenvalue weighted by atomic mass is 10.3. The van der Waals surface area contributed by atoms with Crippen molar-refractivity contribution in [2.75, 3.05) is 24.7 Å². The quantitative estimate of drug-likeness (QED) is 0.469. The van der Waals surface area contributed by atoms with Gasteiger partial charge in [0.2, 0.25) is 0 Å². The molecule has 0 saturated heterocycles. The third kappa shape index (κ3) is 3.69. The maximum atomic E-state index is 5.57. The van der Waals surface area contributed by atoms with Crippen LogP contribution in [0.5, 0.6) is 0 Å². The number of nitrogens with two attached hydrogens (primary N) is 1. The van der Waals surface area contributed by atoms with Gasteiger partial charge in [-0.3, -0.25) is 0 Å². The van der Waals surface area contributed by atoms with Crippen LogP contribution in [0.1, 0.15) is 0 Å². The molecule has 0 heterocycles. The topological polar surface area (TPSA) is 29.3 Å². The first-order valence-corrected chi connectivity index (χ1v) is 3.23. The zero-order chi connectivity index (χ0) is 7.56. The largest absolute Gasteiger partial charge is 1.00 e. The van der Waals surface area contributed by atoms with Crippen molar-refractivity contribution in [1.82, 2.24) is 0 Å². The number of hydrogen-bond donors (Lipinski definition) is 1. The van der Waals surface area contributed by atoms with E-state index in [2.05, 4.69) is 0 Å². The average Bonchev–Trinajstić information content (AvgIpc) is 1.88. The molecular formula is C8H12Cl2N2-2. The second kappa shape index (κ2) is 5.98. The van der Waals surface area contributed by atoms with E-state index >= 15 is 0 Å². The summed E-state index contributed by atoms with van der Waals surface area (Å²) >= 11 is 0. The Morgan fingerprint density at radius 1 is 1.17 bits per heavy atom. The second-order valence-electron chi connectivity index (χ2n) is 2.49. The number of benzene rings is 1. The van der Waals surface area contributed by atoms with Gasteiger partial charge in [0.15, 0.2) is 0 Å². The van der Waals surface area contributed by atoms with Crippen LogP contribution in [-0.2, 0) is 0 Å². The molecule has 0 amide bonds. The van der Waals surface area contributed by atoms with E-state index in [9.17, 15) is 0 Å². The van der Waals surface area contributed by atoms with Crippen LogP contribution >= 0.6 is 0 Å². The van der Waals surface area contributed by atoms with Gasteiger partial charge in [0.05, 0.1) is 0 Å². The summed E-state index contributed by atoms with van der Waals surface area (Å²) in [5, 5.41) is 0. The Morgan fingerprint density at radius 2 is 1.75 bits per heavy atom. The van der Waals surface area contributed by atoms with Crippen molar-refractivity contribution in [2.45, 2.75) is 0 Å². The number of rotatable bonds is 1. The van der Waals surface area contributed by atoms with Crippen LogP contribution in [0.3, 0.4) is 0 Å².